The van der Waals surface area contributed by atoms with Crippen molar-refractivity contribution in [3.63, 3.8) is 0 Å². The monoisotopic (exact) mass is 471 g/mol. The molecule has 0 bridgehead atoms. The number of nitrogens with one attached hydrogen (secondary N) is 1. The Morgan fingerprint density at radius 2 is 1.81 bits per heavy atom. The number of hydrogen-bond donors (Lipinski definition) is 1. The van der Waals surface area contributed by atoms with Crippen molar-refractivity contribution in [1.82, 2.24) is 9.97 Å². The SMILES string of the molecule is COc1ccccc1Sc1cnc(Nc2nc(C)cs2)c(OCc2ccccc2)c1.Cl. The van der Waals surface area contributed by atoms with Gasteiger partial charge in [0.2, 0.25) is 0 Å². The van der Waals surface area contributed by atoms with Crippen LogP contribution >= 0.6 is 35.5 Å². The molecule has 4 aromatic rings. The number of thiazole rings is 1. The van der Waals surface area contributed by atoms with Crippen molar-refractivity contribution in [1.29, 1.82) is 0 Å². The molecule has 0 aliphatic rings. The Morgan fingerprint density at radius 1 is 1.03 bits per heavy atom. The largest absolute Gasteiger partial charge is 0.496 e. The molecule has 8 heteroatoms. The van der Waals surface area contributed by atoms with Gasteiger partial charge < -0.3 is 14.8 Å². The average molecular weight is 472 g/mol. The van der Waals surface area contributed by atoms with Gasteiger partial charge in [0, 0.05) is 16.5 Å². The van der Waals surface area contributed by atoms with Crippen LogP contribution in [0.4, 0.5) is 10.9 Å². The quantitative estimate of drug-likeness (QED) is 0.306. The predicted octanol–water partition coefficient (Wildman–Crippen LogP) is 6.75. The van der Waals surface area contributed by atoms with Gasteiger partial charge >= 0.3 is 0 Å². The van der Waals surface area contributed by atoms with E-state index in [1.807, 2.05) is 79.2 Å². The minimum atomic E-state index is 0. The molecular formula is C23H22ClN3O2S2. The zero-order valence-electron chi connectivity index (χ0n) is 17.1. The van der Waals surface area contributed by atoms with Crippen molar-refractivity contribution < 1.29 is 9.47 Å². The van der Waals surface area contributed by atoms with E-state index in [2.05, 4.69) is 15.3 Å². The lowest BCUT2D eigenvalue weighted by atomic mass is 10.2. The molecule has 4 rings (SSSR count). The summed E-state index contributed by atoms with van der Waals surface area (Å²) >= 11 is 3.13. The summed E-state index contributed by atoms with van der Waals surface area (Å²) in [6.45, 7) is 2.42. The molecule has 5 nitrogen and oxygen atoms in total. The Kier molecular flexibility index (Phi) is 8.17. The van der Waals surface area contributed by atoms with Gasteiger partial charge in [-0.3, -0.25) is 0 Å². The van der Waals surface area contributed by atoms with Crippen LogP contribution in [-0.2, 0) is 6.61 Å². The van der Waals surface area contributed by atoms with E-state index in [1.54, 1.807) is 18.9 Å². The van der Waals surface area contributed by atoms with E-state index < -0.39 is 0 Å². The first kappa shape index (κ1) is 22.9. The Balaban J connectivity index is 0.00000272. The number of pyridine rings is 1. The lowest BCUT2D eigenvalue weighted by Crippen LogP contribution is -2.01. The van der Waals surface area contributed by atoms with Crippen LogP contribution in [0.1, 0.15) is 11.3 Å². The fourth-order valence-corrected chi connectivity index (χ4v) is 4.38. The molecular weight excluding hydrogens is 450 g/mol. The van der Waals surface area contributed by atoms with Crippen LogP contribution < -0.4 is 14.8 Å². The lowest BCUT2D eigenvalue weighted by Gasteiger charge is -2.13. The minimum Gasteiger partial charge on any atom is -0.496 e. The highest BCUT2D eigenvalue weighted by Crippen LogP contribution is 2.38. The number of ether oxygens (including phenoxy) is 2. The molecule has 0 spiro atoms. The molecule has 0 fully saturated rings. The van der Waals surface area contributed by atoms with Gasteiger partial charge in [-0.1, -0.05) is 54.2 Å². The Labute approximate surface area is 196 Å². The summed E-state index contributed by atoms with van der Waals surface area (Å²) in [5, 5.41) is 6.07. The van der Waals surface area contributed by atoms with Gasteiger partial charge in [-0.15, -0.1) is 23.7 Å². The number of methoxy groups -OCH3 is 1. The molecule has 0 unspecified atom stereocenters. The number of benzene rings is 2. The van der Waals surface area contributed by atoms with Crippen molar-refractivity contribution in [3.05, 3.63) is 83.5 Å². The van der Waals surface area contributed by atoms with E-state index >= 15 is 0 Å². The summed E-state index contributed by atoms with van der Waals surface area (Å²) in [6, 6.07) is 20.0. The molecule has 2 aromatic heterocycles. The summed E-state index contributed by atoms with van der Waals surface area (Å²) in [7, 11) is 1.68. The van der Waals surface area contributed by atoms with Crippen LogP contribution in [-0.4, -0.2) is 17.1 Å². The molecule has 160 valence electrons. The summed E-state index contributed by atoms with van der Waals surface area (Å²) in [5.74, 6) is 2.14. The summed E-state index contributed by atoms with van der Waals surface area (Å²) < 4.78 is 11.6. The molecule has 0 radical (unpaired) electrons. The molecule has 0 aliphatic heterocycles. The highest BCUT2D eigenvalue weighted by atomic mass is 35.5. The topological polar surface area (TPSA) is 56.3 Å². The molecule has 31 heavy (non-hydrogen) atoms. The van der Waals surface area contributed by atoms with Gasteiger partial charge in [0.25, 0.3) is 0 Å². The second-order valence-electron chi connectivity index (χ2n) is 6.46. The molecule has 1 N–H and O–H groups in total. The standard InChI is InChI=1S/C23H21N3O2S2.ClH/c1-16-15-29-23(25-16)26-22-20(28-14-17-8-4-3-5-9-17)12-18(13-24-22)30-21-11-7-6-10-19(21)27-2;/h3-13,15H,14H2,1-2H3,(H,24,25,26);1H. The van der Waals surface area contributed by atoms with E-state index in [1.165, 1.54) is 11.3 Å². The number of aryl methyl sites for hydroxylation is 1. The first-order valence-corrected chi connectivity index (χ1v) is 11.1. The van der Waals surface area contributed by atoms with Gasteiger partial charge in [0.05, 0.1) is 17.7 Å². The number of para-hydroxylation sites is 1. The Hall–Kier alpha value is -2.74. The first-order chi connectivity index (χ1) is 14.7. The smallest absolute Gasteiger partial charge is 0.188 e. The van der Waals surface area contributed by atoms with E-state index in [0.717, 1.165) is 31.9 Å². The lowest BCUT2D eigenvalue weighted by molar-refractivity contribution is 0.306. The van der Waals surface area contributed by atoms with Crippen LogP contribution in [0.5, 0.6) is 11.5 Å². The van der Waals surface area contributed by atoms with E-state index in [4.69, 9.17) is 9.47 Å². The highest BCUT2D eigenvalue weighted by Gasteiger charge is 2.12. The van der Waals surface area contributed by atoms with E-state index in [-0.39, 0.29) is 12.4 Å². The van der Waals surface area contributed by atoms with E-state index in [0.29, 0.717) is 18.2 Å². The predicted molar refractivity (Wildman–Crippen MR) is 130 cm³/mol. The number of rotatable bonds is 8. The Bertz CT molecular complexity index is 1120. The van der Waals surface area contributed by atoms with Crippen LogP contribution in [0.15, 0.2) is 82.0 Å². The zero-order valence-corrected chi connectivity index (χ0v) is 19.5. The number of aromatic nitrogens is 2. The maximum atomic E-state index is 6.14. The van der Waals surface area contributed by atoms with Crippen molar-refractivity contribution in [3.8, 4) is 11.5 Å². The maximum Gasteiger partial charge on any atom is 0.188 e. The second-order valence-corrected chi connectivity index (χ2v) is 8.44. The number of anilines is 2. The van der Waals surface area contributed by atoms with Crippen molar-refractivity contribution >= 4 is 46.5 Å². The fourth-order valence-electron chi connectivity index (χ4n) is 2.76. The minimum absolute atomic E-state index is 0. The second kappa shape index (κ2) is 11.0. The van der Waals surface area contributed by atoms with Crippen molar-refractivity contribution in [2.45, 2.75) is 23.3 Å². The summed E-state index contributed by atoms with van der Waals surface area (Å²) in [6.07, 6.45) is 1.83. The number of nitrogens with zero attached hydrogens (tertiary/aromatic N) is 2. The molecule has 2 heterocycles. The van der Waals surface area contributed by atoms with Gasteiger partial charge in [-0.05, 0) is 30.7 Å². The summed E-state index contributed by atoms with van der Waals surface area (Å²) in [5.41, 5.74) is 2.06. The fraction of sp³-hybridized carbons (Fsp3) is 0.130. The summed E-state index contributed by atoms with van der Waals surface area (Å²) in [4.78, 5) is 11.1. The van der Waals surface area contributed by atoms with Crippen molar-refractivity contribution in [2.75, 3.05) is 12.4 Å². The van der Waals surface area contributed by atoms with Gasteiger partial charge in [-0.2, -0.15) is 0 Å². The van der Waals surface area contributed by atoms with Crippen LogP contribution in [0.2, 0.25) is 0 Å². The molecule has 0 saturated carbocycles. The highest BCUT2D eigenvalue weighted by molar-refractivity contribution is 7.99. The third kappa shape index (κ3) is 6.13. The first-order valence-electron chi connectivity index (χ1n) is 9.38. The third-order valence-corrected chi connectivity index (χ3v) is 6.10. The maximum absolute atomic E-state index is 6.14. The van der Waals surface area contributed by atoms with Gasteiger partial charge in [0.15, 0.2) is 16.7 Å². The van der Waals surface area contributed by atoms with Crippen LogP contribution in [0.25, 0.3) is 0 Å². The number of hydrogen-bond acceptors (Lipinski definition) is 7. The van der Waals surface area contributed by atoms with Gasteiger partial charge in [-0.25, -0.2) is 9.97 Å². The average Bonchev–Trinajstić information content (AvgIpc) is 3.19. The van der Waals surface area contributed by atoms with Crippen LogP contribution in [0.3, 0.4) is 0 Å². The molecule has 0 amide bonds. The molecule has 0 atom stereocenters. The molecule has 0 aliphatic carbocycles. The molecule has 2 aromatic carbocycles. The van der Waals surface area contributed by atoms with Crippen LogP contribution in [0, 0.1) is 6.92 Å². The number of halogens is 1. The molecule has 0 saturated heterocycles. The van der Waals surface area contributed by atoms with Crippen molar-refractivity contribution in [2.24, 2.45) is 0 Å². The Morgan fingerprint density at radius 3 is 2.55 bits per heavy atom. The van der Waals surface area contributed by atoms with E-state index in [9.17, 15) is 0 Å². The third-order valence-electron chi connectivity index (χ3n) is 4.21. The zero-order chi connectivity index (χ0) is 20.8. The normalized spacial score (nSPS) is 10.3. The van der Waals surface area contributed by atoms with Gasteiger partial charge in [0.1, 0.15) is 12.4 Å².